The zero-order chi connectivity index (χ0) is 14.9. The van der Waals surface area contributed by atoms with Crippen molar-refractivity contribution in [2.45, 2.75) is 19.4 Å². The van der Waals surface area contributed by atoms with E-state index in [0.29, 0.717) is 11.4 Å². The molecule has 0 saturated carbocycles. The molecule has 1 unspecified atom stereocenters. The molecule has 0 bridgehead atoms. The Hall–Kier alpha value is -0.700. The van der Waals surface area contributed by atoms with E-state index < -0.39 is 0 Å². The van der Waals surface area contributed by atoms with Gasteiger partial charge < -0.3 is 0 Å². The molecule has 1 atom stereocenters. The number of nitrogens with two attached hydrogens (primary N) is 1. The van der Waals surface area contributed by atoms with Gasteiger partial charge in [0.25, 0.3) is 0 Å². The summed E-state index contributed by atoms with van der Waals surface area (Å²) in [6, 6.07) is 4.49. The normalized spacial score (nSPS) is 12.7. The van der Waals surface area contributed by atoms with Crippen LogP contribution in [0.1, 0.15) is 23.0 Å². The lowest BCUT2D eigenvalue weighted by Gasteiger charge is -2.18. The van der Waals surface area contributed by atoms with Crippen LogP contribution in [0.25, 0.3) is 0 Å². The molecule has 0 amide bonds. The lowest BCUT2D eigenvalue weighted by Crippen LogP contribution is -2.30. The standard InChI is InChI=1S/C13H15ClFIN4/c1-7-13(14)12(20(2)19-7)6-11(18-17)9-4-3-8(15)5-10(9)16/h3-5,11,18H,6,17H2,1-2H3. The molecule has 108 valence electrons. The molecule has 0 aliphatic heterocycles. The first kappa shape index (κ1) is 15.7. The number of halogens is 3. The van der Waals surface area contributed by atoms with Gasteiger partial charge in [-0.3, -0.25) is 16.0 Å². The van der Waals surface area contributed by atoms with Gasteiger partial charge in [-0.15, -0.1) is 0 Å². The number of benzene rings is 1. The fraction of sp³-hybridized carbons (Fsp3) is 0.308. The molecule has 0 radical (unpaired) electrons. The molecule has 2 aromatic rings. The monoisotopic (exact) mass is 408 g/mol. The number of aromatic nitrogens is 2. The van der Waals surface area contributed by atoms with E-state index >= 15 is 0 Å². The molecule has 0 saturated heterocycles. The quantitative estimate of drug-likeness (QED) is 0.465. The number of hydrogen-bond acceptors (Lipinski definition) is 3. The topological polar surface area (TPSA) is 55.9 Å². The minimum atomic E-state index is -0.261. The van der Waals surface area contributed by atoms with Crippen molar-refractivity contribution in [3.63, 3.8) is 0 Å². The van der Waals surface area contributed by atoms with Crippen molar-refractivity contribution in [3.8, 4) is 0 Å². The van der Waals surface area contributed by atoms with E-state index in [1.807, 2.05) is 14.0 Å². The average Bonchev–Trinajstić information content (AvgIpc) is 2.62. The maximum atomic E-state index is 13.2. The van der Waals surface area contributed by atoms with Crippen molar-refractivity contribution >= 4 is 34.2 Å². The zero-order valence-electron chi connectivity index (χ0n) is 11.1. The first-order valence-electron chi connectivity index (χ1n) is 6.03. The number of aryl methyl sites for hydroxylation is 2. The summed E-state index contributed by atoms with van der Waals surface area (Å²) >= 11 is 8.35. The maximum Gasteiger partial charge on any atom is 0.124 e. The summed E-state index contributed by atoms with van der Waals surface area (Å²) in [5.74, 6) is 5.39. The Balaban J connectivity index is 2.33. The highest BCUT2D eigenvalue weighted by molar-refractivity contribution is 14.1. The van der Waals surface area contributed by atoms with E-state index in [1.54, 1.807) is 10.7 Å². The first-order valence-corrected chi connectivity index (χ1v) is 7.48. The number of nitrogens with zero attached hydrogens (tertiary/aromatic N) is 2. The van der Waals surface area contributed by atoms with Crippen molar-refractivity contribution in [2.24, 2.45) is 12.9 Å². The van der Waals surface area contributed by atoms with Gasteiger partial charge in [0, 0.05) is 17.0 Å². The summed E-state index contributed by atoms with van der Waals surface area (Å²) < 4.78 is 15.8. The molecule has 0 fully saturated rings. The summed E-state index contributed by atoms with van der Waals surface area (Å²) in [5.41, 5.74) is 5.38. The van der Waals surface area contributed by atoms with Crippen LogP contribution in [-0.2, 0) is 13.5 Å². The van der Waals surface area contributed by atoms with Crippen molar-refractivity contribution < 1.29 is 4.39 Å². The molecule has 1 aromatic carbocycles. The van der Waals surface area contributed by atoms with Gasteiger partial charge in [-0.1, -0.05) is 17.7 Å². The fourth-order valence-corrected chi connectivity index (χ4v) is 3.23. The summed E-state index contributed by atoms with van der Waals surface area (Å²) in [6.45, 7) is 1.86. The summed E-state index contributed by atoms with van der Waals surface area (Å²) in [4.78, 5) is 0. The van der Waals surface area contributed by atoms with Crippen LogP contribution in [0.2, 0.25) is 5.02 Å². The van der Waals surface area contributed by atoms with Crippen LogP contribution >= 0.6 is 34.2 Å². The molecule has 3 N–H and O–H groups in total. The van der Waals surface area contributed by atoms with Gasteiger partial charge in [0.15, 0.2) is 0 Å². The molecule has 4 nitrogen and oxygen atoms in total. The van der Waals surface area contributed by atoms with Crippen molar-refractivity contribution in [3.05, 3.63) is 49.6 Å². The predicted octanol–water partition coefficient (Wildman–Crippen LogP) is 2.87. The third-order valence-electron chi connectivity index (χ3n) is 3.20. The highest BCUT2D eigenvalue weighted by atomic mass is 127. The van der Waals surface area contributed by atoms with Crippen molar-refractivity contribution in [2.75, 3.05) is 0 Å². The number of nitrogens with one attached hydrogen (secondary N) is 1. The van der Waals surface area contributed by atoms with Crippen LogP contribution in [0, 0.1) is 16.3 Å². The second kappa shape index (κ2) is 6.38. The third kappa shape index (κ3) is 3.13. The number of hydrazine groups is 1. The Morgan fingerprint density at radius 1 is 1.55 bits per heavy atom. The molecule has 0 spiro atoms. The first-order chi connectivity index (χ1) is 9.43. The Morgan fingerprint density at radius 2 is 2.25 bits per heavy atom. The highest BCUT2D eigenvalue weighted by Gasteiger charge is 2.19. The minimum absolute atomic E-state index is 0.158. The minimum Gasteiger partial charge on any atom is -0.271 e. The molecule has 2 rings (SSSR count). The molecule has 0 aliphatic carbocycles. The van der Waals surface area contributed by atoms with Crippen LogP contribution in [-0.4, -0.2) is 9.78 Å². The van der Waals surface area contributed by atoms with E-state index in [-0.39, 0.29) is 11.9 Å². The van der Waals surface area contributed by atoms with E-state index in [1.165, 1.54) is 12.1 Å². The SMILES string of the molecule is Cc1nn(C)c(CC(NN)c2ccc(F)cc2I)c1Cl. The number of rotatable bonds is 4. The van der Waals surface area contributed by atoms with Crippen molar-refractivity contribution in [1.29, 1.82) is 0 Å². The largest absolute Gasteiger partial charge is 0.271 e. The Bertz CT molecular complexity index is 629. The van der Waals surface area contributed by atoms with E-state index in [0.717, 1.165) is 20.5 Å². The molecule has 1 aromatic heterocycles. The summed E-state index contributed by atoms with van der Waals surface area (Å²) in [5, 5.41) is 4.93. The van der Waals surface area contributed by atoms with Gasteiger partial charge in [-0.25, -0.2) is 4.39 Å². The Labute approximate surface area is 135 Å². The van der Waals surface area contributed by atoms with Crippen LogP contribution < -0.4 is 11.3 Å². The molecule has 1 heterocycles. The zero-order valence-corrected chi connectivity index (χ0v) is 14.0. The smallest absolute Gasteiger partial charge is 0.124 e. The molecule has 7 heteroatoms. The van der Waals surface area contributed by atoms with Gasteiger partial charge in [0.1, 0.15) is 5.82 Å². The lowest BCUT2D eigenvalue weighted by atomic mass is 10.0. The highest BCUT2D eigenvalue weighted by Crippen LogP contribution is 2.27. The van der Waals surface area contributed by atoms with Gasteiger partial charge >= 0.3 is 0 Å². The second-order valence-corrected chi connectivity index (χ2v) is 6.10. The van der Waals surface area contributed by atoms with E-state index in [4.69, 9.17) is 17.4 Å². The third-order valence-corrected chi connectivity index (χ3v) is 4.62. The predicted molar refractivity (Wildman–Crippen MR) is 85.8 cm³/mol. The molecule has 0 aliphatic rings. The molecular formula is C13H15ClFIN4. The summed E-state index contributed by atoms with van der Waals surface area (Å²) in [7, 11) is 1.84. The van der Waals surface area contributed by atoms with Crippen LogP contribution in [0.15, 0.2) is 18.2 Å². The second-order valence-electron chi connectivity index (χ2n) is 4.56. The number of hydrogen-bond donors (Lipinski definition) is 2. The Morgan fingerprint density at radius 3 is 2.75 bits per heavy atom. The van der Waals surface area contributed by atoms with E-state index in [9.17, 15) is 4.39 Å². The fourth-order valence-electron chi connectivity index (χ4n) is 2.14. The van der Waals surface area contributed by atoms with Crippen LogP contribution in [0.4, 0.5) is 4.39 Å². The molecular weight excluding hydrogens is 394 g/mol. The molecule has 20 heavy (non-hydrogen) atoms. The Kier molecular flexibility index (Phi) is 5.00. The van der Waals surface area contributed by atoms with E-state index in [2.05, 4.69) is 33.1 Å². The lowest BCUT2D eigenvalue weighted by molar-refractivity contribution is 0.526. The average molecular weight is 409 g/mol. The van der Waals surface area contributed by atoms with Crippen LogP contribution in [0.5, 0.6) is 0 Å². The maximum absolute atomic E-state index is 13.2. The van der Waals surface area contributed by atoms with Gasteiger partial charge in [-0.2, -0.15) is 5.10 Å². The summed E-state index contributed by atoms with van der Waals surface area (Å²) in [6.07, 6.45) is 0.578. The van der Waals surface area contributed by atoms with Gasteiger partial charge in [0.05, 0.1) is 22.5 Å². The van der Waals surface area contributed by atoms with Gasteiger partial charge in [-0.05, 0) is 47.2 Å². The van der Waals surface area contributed by atoms with Crippen LogP contribution in [0.3, 0.4) is 0 Å². The van der Waals surface area contributed by atoms with Crippen molar-refractivity contribution in [1.82, 2.24) is 15.2 Å². The van der Waals surface area contributed by atoms with Gasteiger partial charge in [0.2, 0.25) is 0 Å².